The largest absolute Gasteiger partial charge is 0.251 e. The predicted molar refractivity (Wildman–Crippen MR) is 117 cm³/mol. The third kappa shape index (κ3) is 2.66. The fraction of sp³-hybridized carbons (Fsp3) is 0.0769. The zero-order chi connectivity index (χ0) is 19.1. The molecular formula is C26H20N2. The summed E-state index contributed by atoms with van der Waals surface area (Å²) in [7, 11) is 0. The number of hydrogen-bond acceptors (Lipinski definition) is 2. The minimum absolute atomic E-state index is 0.970. The van der Waals surface area contributed by atoms with Gasteiger partial charge in [-0.25, -0.2) is 0 Å². The Balaban J connectivity index is 1.98. The number of aryl methyl sites for hydroxylation is 2. The Labute approximate surface area is 164 Å². The van der Waals surface area contributed by atoms with E-state index in [1.807, 2.05) is 6.92 Å². The highest BCUT2D eigenvalue weighted by atomic mass is 14.8. The van der Waals surface area contributed by atoms with Crippen LogP contribution in [0.3, 0.4) is 0 Å². The Bertz CT molecular complexity index is 1310. The summed E-state index contributed by atoms with van der Waals surface area (Å²) in [5, 5.41) is 2.26. The number of benzene rings is 3. The Morgan fingerprint density at radius 3 is 1.82 bits per heavy atom. The SMILES string of the molecule is Cc1ccc2ccc3c(-c4ccccc4)c(-c4ccccc4)c(C)nc3c2n1. The fourth-order valence-electron chi connectivity index (χ4n) is 3.99. The topological polar surface area (TPSA) is 25.8 Å². The molecule has 5 aromatic rings. The molecule has 3 aromatic carbocycles. The van der Waals surface area contributed by atoms with Crippen molar-refractivity contribution in [3.05, 3.63) is 96.3 Å². The average Bonchev–Trinajstić information content (AvgIpc) is 2.74. The van der Waals surface area contributed by atoms with Crippen molar-refractivity contribution in [2.75, 3.05) is 0 Å². The van der Waals surface area contributed by atoms with Gasteiger partial charge in [0.05, 0.1) is 11.0 Å². The van der Waals surface area contributed by atoms with Gasteiger partial charge in [-0.3, -0.25) is 9.97 Å². The van der Waals surface area contributed by atoms with E-state index in [1.165, 1.54) is 22.3 Å². The quantitative estimate of drug-likeness (QED) is 0.326. The molecule has 0 atom stereocenters. The molecule has 0 saturated carbocycles. The van der Waals surface area contributed by atoms with Crippen molar-refractivity contribution in [3.8, 4) is 22.3 Å². The monoisotopic (exact) mass is 360 g/mol. The second-order valence-corrected chi connectivity index (χ2v) is 7.17. The molecule has 28 heavy (non-hydrogen) atoms. The van der Waals surface area contributed by atoms with Gasteiger partial charge >= 0.3 is 0 Å². The van der Waals surface area contributed by atoms with E-state index in [9.17, 15) is 0 Å². The van der Waals surface area contributed by atoms with Crippen LogP contribution >= 0.6 is 0 Å². The lowest BCUT2D eigenvalue weighted by Gasteiger charge is -2.17. The third-order valence-electron chi connectivity index (χ3n) is 5.26. The molecule has 2 heteroatoms. The van der Waals surface area contributed by atoms with Gasteiger partial charge in [-0.2, -0.15) is 0 Å². The maximum atomic E-state index is 5.04. The Hall–Kier alpha value is -3.52. The van der Waals surface area contributed by atoms with Crippen LogP contribution in [0.2, 0.25) is 0 Å². The molecule has 0 spiro atoms. The molecule has 0 saturated heterocycles. The molecule has 0 aliphatic carbocycles. The molecule has 0 aliphatic heterocycles. The molecule has 2 nitrogen and oxygen atoms in total. The van der Waals surface area contributed by atoms with Crippen LogP contribution in [-0.4, -0.2) is 9.97 Å². The fourth-order valence-corrected chi connectivity index (χ4v) is 3.99. The van der Waals surface area contributed by atoms with Crippen LogP contribution in [0.25, 0.3) is 44.1 Å². The summed E-state index contributed by atoms with van der Waals surface area (Å²) in [6, 6.07) is 29.7. The first-order chi connectivity index (χ1) is 13.7. The van der Waals surface area contributed by atoms with Gasteiger partial charge < -0.3 is 0 Å². The summed E-state index contributed by atoms with van der Waals surface area (Å²) in [5.41, 5.74) is 8.76. The van der Waals surface area contributed by atoms with Crippen LogP contribution in [0.4, 0.5) is 0 Å². The van der Waals surface area contributed by atoms with Crippen molar-refractivity contribution in [1.29, 1.82) is 0 Å². The molecule has 134 valence electrons. The van der Waals surface area contributed by atoms with Crippen LogP contribution in [0.1, 0.15) is 11.4 Å². The summed E-state index contributed by atoms with van der Waals surface area (Å²) >= 11 is 0. The van der Waals surface area contributed by atoms with Gasteiger partial charge in [-0.15, -0.1) is 0 Å². The number of pyridine rings is 2. The normalized spacial score (nSPS) is 11.2. The van der Waals surface area contributed by atoms with E-state index in [-0.39, 0.29) is 0 Å². The van der Waals surface area contributed by atoms with Crippen molar-refractivity contribution < 1.29 is 0 Å². The summed E-state index contributed by atoms with van der Waals surface area (Å²) in [6.07, 6.45) is 0. The van der Waals surface area contributed by atoms with Crippen molar-refractivity contribution in [3.63, 3.8) is 0 Å². The molecule has 0 bridgehead atoms. The lowest BCUT2D eigenvalue weighted by Crippen LogP contribution is -1.97. The lowest BCUT2D eigenvalue weighted by molar-refractivity contribution is 1.23. The first-order valence-electron chi connectivity index (χ1n) is 9.54. The number of rotatable bonds is 2. The standard InChI is InChI=1S/C26H20N2/c1-17-13-14-21-15-16-22-24(20-11-7-4-8-12-20)23(19-9-5-3-6-10-19)18(2)28-26(22)25(21)27-17/h3-16H,1-2H3. The second kappa shape index (κ2) is 6.58. The Morgan fingerprint density at radius 2 is 1.14 bits per heavy atom. The molecule has 0 aliphatic rings. The van der Waals surface area contributed by atoms with E-state index in [0.29, 0.717) is 0 Å². The summed E-state index contributed by atoms with van der Waals surface area (Å²) in [6.45, 7) is 4.13. The van der Waals surface area contributed by atoms with E-state index in [1.54, 1.807) is 0 Å². The van der Waals surface area contributed by atoms with Gasteiger partial charge in [0, 0.05) is 33.3 Å². The molecule has 0 fully saturated rings. The highest BCUT2D eigenvalue weighted by molar-refractivity contribution is 6.12. The van der Waals surface area contributed by atoms with Crippen LogP contribution in [-0.2, 0) is 0 Å². The number of fused-ring (bicyclic) bond motifs is 3. The maximum absolute atomic E-state index is 5.04. The summed E-state index contributed by atoms with van der Waals surface area (Å²) < 4.78 is 0. The zero-order valence-corrected chi connectivity index (χ0v) is 16.0. The maximum Gasteiger partial charge on any atom is 0.0974 e. The predicted octanol–water partition coefficient (Wildman–Crippen LogP) is 6.73. The van der Waals surface area contributed by atoms with E-state index >= 15 is 0 Å². The van der Waals surface area contributed by atoms with E-state index < -0.39 is 0 Å². The average molecular weight is 360 g/mol. The first kappa shape index (κ1) is 16.6. The Morgan fingerprint density at radius 1 is 0.536 bits per heavy atom. The lowest BCUT2D eigenvalue weighted by atomic mass is 9.90. The van der Waals surface area contributed by atoms with E-state index in [0.717, 1.165) is 33.2 Å². The number of nitrogens with zero attached hydrogens (tertiary/aromatic N) is 2. The number of aromatic nitrogens is 2. The summed E-state index contributed by atoms with van der Waals surface area (Å²) in [4.78, 5) is 9.86. The molecule has 0 amide bonds. The molecule has 0 unspecified atom stereocenters. The van der Waals surface area contributed by atoms with Gasteiger partial charge in [0.2, 0.25) is 0 Å². The highest BCUT2D eigenvalue weighted by Gasteiger charge is 2.17. The van der Waals surface area contributed by atoms with Crippen LogP contribution < -0.4 is 0 Å². The van der Waals surface area contributed by atoms with E-state index in [4.69, 9.17) is 9.97 Å². The van der Waals surface area contributed by atoms with Crippen molar-refractivity contribution in [2.45, 2.75) is 13.8 Å². The van der Waals surface area contributed by atoms with Gasteiger partial charge in [0.25, 0.3) is 0 Å². The first-order valence-corrected chi connectivity index (χ1v) is 9.54. The molecular weight excluding hydrogens is 340 g/mol. The highest BCUT2D eigenvalue weighted by Crippen LogP contribution is 2.40. The molecule has 0 radical (unpaired) electrons. The van der Waals surface area contributed by atoms with Crippen LogP contribution in [0, 0.1) is 13.8 Å². The molecule has 5 rings (SSSR count). The van der Waals surface area contributed by atoms with Crippen LogP contribution in [0.15, 0.2) is 84.9 Å². The molecule has 0 N–H and O–H groups in total. The minimum atomic E-state index is 0.970. The van der Waals surface area contributed by atoms with Crippen molar-refractivity contribution in [2.24, 2.45) is 0 Å². The zero-order valence-electron chi connectivity index (χ0n) is 16.0. The third-order valence-corrected chi connectivity index (χ3v) is 5.26. The minimum Gasteiger partial charge on any atom is -0.251 e. The molecule has 2 aromatic heterocycles. The molecule has 2 heterocycles. The smallest absolute Gasteiger partial charge is 0.0974 e. The summed E-state index contributed by atoms with van der Waals surface area (Å²) in [5.74, 6) is 0. The van der Waals surface area contributed by atoms with Gasteiger partial charge in [0.1, 0.15) is 0 Å². The van der Waals surface area contributed by atoms with Gasteiger partial charge in [-0.05, 0) is 31.0 Å². The van der Waals surface area contributed by atoms with Gasteiger partial charge in [0.15, 0.2) is 0 Å². The number of hydrogen-bond donors (Lipinski definition) is 0. The Kier molecular flexibility index (Phi) is 3.91. The second-order valence-electron chi connectivity index (χ2n) is 7.17. The van der Waals surface area contributed by atoms with E-state index in [2.05, 4.69) is 91.9 Å². The van der Waals surface area contributed by atoms with Crippen molar-refractivity contribution >= 4 is 21.8 Å². The van der Waals surface area contributed by atoms with Crippen molar-refractivity contribution in [1.82, 2.24) is 9.97 Å². The van der Waals surface area contributed by atoms with Crippen LogP contribution in [0.5, 0.6) is 0 Å². The van der Waals surface area contributed by atoms with Gasteiger partial charge in [-0.1, -0.05) is 78.9 Å².